The highest BCUT2D eigenvalue weighted by molar-refractivity contribution is 6.05. The van der Waals surface area contributed by atoms with Gasteiger partial charge in [0, 0.05) is 31.1 Å². The number of ether oxygens (including phenoxy) is 1. The van der Waals surface area contributed by atoms with Gasteiger partial charge in [0.05, 0.1) is 33.8 Å². The zero-order valence-corrected chi connectivity index (χ0v) is 21.1. The molecule has 4 rings (SSSR count). The van der Waals surface area contributed by atoms with Gasteiger partial charge in [0.2, 0.25) is 0 Å². The maximum Gasteiger partial charge on any atom is 0.410 e. The molecular formula is C26H27F2N5O5. The Morgan fingerprint density at radius 3 is 2.47 bits per heavy atom. The molecule has 1 fully saturated rings. The van der Waals surface area contributed by atoms with Crippen molar-refractivity contribution >= 4 is 23.4 Å². The van der Waals surface area contributed by atoms with Crippen LogP contribution < -0.4 is 5.32 Å². The number of non-ortho nitro benzene ring substituents is 1. The van der Waals surface area contributed by atoms with Crippen LogP contribution in [0.3, 0.4) is 0 Å². The van der Waals surface area contributed by atoms with Crippen LogP contribution in [0.2, 0.25) is 0 Å². The first-order chi connectivity index (χ1) is 17.9. The molecule has 1 N–H and O–H groups in total. The van der Waals surface area contributed by atoms with Gasteiger partial charge in [0.1, 0.15) is 17.2 Å². The lowest BCUT2D eigenvalue weighted by Gasteiger charge is -2.34. The van der Waals surface area contributed by atoms with Crippen molar-refractivity contribution in [1.82, 2.24) is 14.7 Å². The minimum atomic E-state index is -0.839. The van der Waals surface area contributed by atoms with Gasteiger partial charge in [-0.3, -0.25) is 14.9 Å². The minimum absolute atomic E-state index is 0.107. The summed E-state index contributed by atoms with van der Waals surface area (Å²) < 4.78 is 35.3. The lowest BCUT2D eigenvalue weighted by Crippen LogP contribution is -2.41. The van der Waals surface area contributed by atoms with Crippen LogP contribution in [-0.2, 0) is 4.74 Å². The van der Waals surface area contributed by atoms with E-state index in [2.05, 4.69) is 10.4 Å². The van der Waals surface area contributed by atoms with Crippen LogP contribution in [0.1, 0.15) is 55.6 Å². The number of benzene rings is 2. The Morgan fingerprint density at radius 2 is 1.84 bits per heavy atom. The van der Waals surface area contributed by atoms with E-state index < -0.39 is 34.2 Å². The Morgan fingerprint density at radius 1 is 1.13 bits per heavy atom. The fourth-order valence-corrected chi connectivity index (χ4v) is 4.31. The van der Waals surface area contributed by atoms with Crippen molar-refractivity contribution in [2.75, 3.05) is 18.4 Å². The number of nitrogens with one attached hydrogen (secondary N) is 1. The van der Waals surface area contributed by atoms with Crippen LogP contribution in [-0.4, -0.2) is 50.3 Å². The minimum Gasteiger partial charge on any atom is -0.444 e. The second kappa shape index (κ2) is 10.6. The van der Waals surface area contributed by atoms with Crippen LogP contribution in [0, 0.1) is 21.7 Å². The summed E-state index contributed by atoms with van der Waals surface area (Å²) in [6.07, 6.45) is 1.79. The van der Waals surface area contributed by atoms with Gasteiger partial charge in [0.25, 0.3) is 11.6 Å². The van der Waals surface area contributed by atoms with E-state index in [0.29, 0.717) is 37.3 Å². The zero-order valence-electron chi connectivity index (χ0n) is 21.1. The third-order valence-corrected chi connectivity index (χ3v) is 6.05. The number of rotatable bonds is 5. The molecule has 2 heterocycles. The van der Waals surface area contributed by atoms with Crippen LogP contribution >= 0.6 is 0 Å². The summed E-state index contributed by atoms with van der Waals surface area (Å²) in [6.45, 7) is 6.06. The topological polar surface area (TPSA) is 120 Å². The number of piperidine rings is 1. The standard InChI is InChI=1S/C26H27F2N5O5/c1-26(2,3)38-25(35)31-11-9-16(10-12-31)23-20(15-29-32(23)18-6-4-5-17(27)13-18)24(34)30-22-14-19(33(36)37)7-8-21(22)28/h4-8,13-16H,9-12H2,1-3H3,(H,30,34). The van der Waals surface area contributed by atoms with Crippen molar-refractivity contribution in [3.05, 3.63) is 81.7 Å². The molecule has 2 aromatic carbocycles. The predicted octanol–water partition coefficient (Wildman–Crippen LogP) is 5.43. The largest absolute Gasteiger partial charge is 0.444 e. The van der Waals surface area contributed by atoms with Gasteiger partial charge in [-0.1, -0.05) is 6.07 Å². The molecule has 0 spiro atoms. The summed E-state index contributed by atoms with van der Waals surface area (Å²) in [7, 11) is 0. The SMILES string of the molecule is CC(C)(C)OC(=O)N1CCC(c2c(C(=O)Nc3cc([N+](=O)[O-])ccc3F)cnn2-c2cccc(F)c2)CC1. The number of carbonyl (C=O) groups excluding carboxylic acids is 2. The number of nitrogens with zero attached hydrogens (tertiary/aromatic N) is 4. The number of hydrogen-bond acceptors (Lipinski definition) is 6. The molecular weight excluding hydrogens is 500 g/mol. The lowest BCUT2D eigenvalue weighted by atomic mass is 9.90. The highest BCUT2D eigenvalue weighted by Gasteiger charge is 2.32. The molecule has 0 saturated carbocycles. The van der Waals surface area contributed by atoms with Gasteiger partial charge < -0.3 is 15.0 Å². The van der Waals surface area contributed by atoms with Crippen LogP contribution in [0.25, 0.3) is 5.69 Å². The van der Waals surface area contributed by atoms with Gasteiger partial charge in [0.15, 0.2) is 0 Å². The molecule has 0 unspecified atom stereocenters. The van der Waals surface area contributed by atoms with E-state index in [1.807, 2.05) is 0 Å². The normalized spacial score (nSPS) is 14.3. The molecule has 0 bridgehead atoms. The van der Waals surface area contributed by atoms with Crippen molar-refractivity contribution in [2.45, 2.75) is 45.1 Å². The average molecular weight is 528 g/mol. The number of nitro benzene ring substituents is 1. The number of aromatic nitrogens is 2. The average Bonchev–Trinajstić information content (AvgIpc) is 3.30. The molecule has 10 nitrogen and oxygen atoms in total. The number of anilines is 1. The Balaban J connectivity index is 1.65. The first-order valence-electron chi connectivity index (χ1n) is 12.0. The molecule has 0 aliphatic carbocycles. The van der Waals surface area contributed by atoms with E-state index >= 15 is 0 Å². The van der Waals surface area contributed by atoms with E-state index in [1.54, 1.807) is 31.7 Å². The lowest BCUT2D eigenvalue weighted by molar-refractivity contribution is -0.384. The number of carbonyl (C=O) groups is 2. The number of halogens is 2. The van der Waals surface area contributed by atoms with Gasteiger partial charge in [-0.05, 0) is 57.9 Å². The van der Waals surface area contributed by atoms with Gasteiger partial charge in [-0.15, -0.1) is 0 Å². The molecule has 38 heavy (non-hydrogen) atoms. The van der Waals surface area contributed by atoms with Crippen molar-refractivity contribution in [2.24, 2.45) is 0 Å². The van der Waals surface area contributed by atoms with Crippen molar-refractivity contribution in [3.63, 3.8) is 0 Å². The van der Waals surface area contributed by atoms with Gasteiger partial charge in [-0.25, -0.2) is 18.3 Å². The fourth-order valence-electron chi connectivity index (χ4n) is 4.31. The second-order valence-electron chi connectivity index (χ2n) is 9.95. The van der Waals surface area contributed by atoms with E-state index in [9.17, 15) is 28.5 Å². The summed E-state index contributed by atoms with van der Waals surface area (Å²) in [5.41, 5.74) is -0.425. The number of hydrogen-bond donors (Lipinski definition) is 1. The number of nitro groups is 1. The molecule has 1 aromatic heterocycles. The second-order valence-corrected chi connectivity index (χ2v) is 9.95. The van der Waals surface area contributed by atoms with E-state index in [4.69, 9.17) is 4.74 Å². The summed E-state index contributed by atoms with van der Waals surface area (Å²) in [4.78, 5) is 37.8. The maximum atomic E-state index is 14.4. The number of likely N-dealkylation sites (tertiary alicyclic amines) is 1. The molecule has 0 radical (unpaired) electrons. The molecule has 12 heteroatoms. The van der Waals surface area contributed by atoms with E-state index in [-0.39, 0.29) is 22.9 Å². The third kappa shape index (κ3) is 5.96. The summed E-state index contributed by atoms with van der Waals surface area (Å²) in [6, 6.07) is 8.53. The number of amides is 2. The summed E-state index contributed by atoms with van der Waals surface area (Å²) in [5.74, 6) is -2.31. The third-order valence-electron chi connectivity index (χ3n) is 6.05. The Bertz CT molecular complexity index is 1380. The molecule has 200 valence electrons. The quantitative estimate of drug-likeness (QED) is 0.349. The molecule has 1 aliphatic heterocycles. The van der Waals surface area contributed by atoms with Crippen LogP contribution in [0.15, 0.2) is 48.7 Å². The summed E-state index contributed by atoms with van der Waals surface area (Å²) >= 11 is 0. The monoisotopic (exact) mass is 527 g/mol. The van der Waals surface area contributed by atoms with E-state index in [1.165, 1.54) is 29.1 Å². The fraction of sp³-hybridized carbons (Fsp3) is 0.346. The van der Waals surface area contributed by atoms with E-state index in [0.717, 1.165) is 18.2 Å². The van der Waals surface area contributed by atoms with Crippen LogP contribution in [0.4, 0.5) is 25.0 Å². The molecule has 3 aromatic rings. The first kappa shape index (κ1) is 26.7. The van der Waals surface area contributed by atoms with Crippen molar-refractivity contribution in [3.8, 4) is 5.69 Å². The van der Waals surface area contributed by atoms with Gasteiger partial charge in [-0.2, -0.15) is 5.10 Å². The molecule has 1 saturated heterocycles. The highest BCUT2D eigenvalue weighted by Crippen LogP contribution is 2.33. The molecule has 2 amide bonds. The van der Waals surface area contributed by atoms with Crippen molar-refractivity contribution < 1.29 is 28.0 Å². The highest BCUT2D eigenvalue weighted by atomic mass is 19.1. The van der Waals surface area contributed by atoms with Gasteiger partial charge >= 0.3 is 6.09 Å². The Hall–Kier alpha value is -4.35. The zero-order chi connectivity index (χ0) is 27.6. The first-order valence-corrected chi connectivity index (χ1v) is 12.0. The molecule has 1 aliphatic rings. The molecule has 0 atom stereocenters. The predicted molar refractivity (Wildman–Crippen MR) is 134 cm³/mol. The van der Waals surface area contributed by atoms with Crippen molar-refractivity contribution in [1.29, 1.82) is 0 Å². The Labute approximate surface area is 217 Å². The van der Waals surface area contributed by atoms with Crippen LogP contribution in [0.5, 0.6) is 0 Å². The smallest absolute Gasteiger partial charge is 0.410 e. The summed E-state index contributed by atoms with van der Waals surface area (Å²) in [5, 5.41) is 17.8. The Kier molecular flexibility index (Phi) is 7.42. The maximum absolute atomic E-state index is 14.4.